The number of hydrogen-bond acceptors (Lipinski definition) is 3. The van der Waals surface area contributed by atoms with Crippen molar-refractivity contribution in [1.82, 2.24) is 5.32 Å². The number of cyclic esters (lactones) is 1. The third-order valence-electron chi connectivity index (χ3n) is 5.62. The highest BCUT2D eigenvalue weighted by atomic mass is 28.4. The van der Waals surface area contributed by atoms with Crippen LogP contribution in [0.25, 0.3) is 0 Å². The molecule has 0 unspecified atom stereocenters. The van der Waals surface area contributed by atoms with E-state index in [9.17, 15) is 4.79 Å². The van der Waals surface area contributed by atoms with E-state index < -0.39 is 8.32 Å². The van der Waals surface area contributed by atoms with Crippen LogP contribution in [-0.4, -0.2) is 33.2 Å². The Kier molecular flexibility index (Phi) is 6.49. The Morgan fingerprint density at radius 1 is 1.00 bits per heavy atom. The number of carbonyl (C=O) groups excluding carboxylic acids is 1. The van der Waals surface area contributed by atoms with Crippen molar-refractivity contribution in [1.29, 1.82) is 0 Å². The average molecular weight is 412 g/mol. The van der Waals surface area contributed by atoms with Crippen LogP contribution < -0.4 is 15.7 Å². The largest absolute Gasteiger partial charge is 0.442 e. The van der Waals surface area contributed by atoms with Gasteiger partial charge in [-0.05, 0) is 27.8 Å². The molecule has 3 rings (SSSR count). The summed E-state index contributed by atoms with van der Waals surface area (Å²) in [6.45, 7) is 11.5. The summed E-state index contributed by atoms with van der Waals surface area (Å²) in [5, 5.41) is 5.33. The molecule has 2 aromatic rings. The molecule has 1 amide bonds. The smallest absolute Gasteiger partial charge is 0.407 e. The maximum Gasteiger partial charge on any atom is 0.407 e. The molecule has 1 N–H and O–H groups in total. The fraction of sp³-hybridized carbons (Fsp3) is 0.458. The van der Waals surface area contributed by atoms with Crippen LogP contribution in [0.1, 0.15) is 41.0 Å². The van der Waals surface area contributed by atoms with Crippen molar-refractivity contribution < 1.29 is 14.0 Å². The first-order valence-corrected chi connectivity index (χ1v) is 12.4. The Morgan fingerprint density at radius 2 is 1.52 bits per heavy atom. The normalized spacial score (nSPS) is 19.9. The summed E-state index contributed by atoms with van der Waals surface area (Å²) in [4.78, 5) is 11.9. The molecule has 0 saturated carbocycles. The van der Waals surface area contributed by atoms with Crippen molar-refractivity contribution in [3.63, 3.8) is 0 Å². The van der Waals surface area contributed by atoms with Crippen LogP contribution in [0.5, 0.6) is 0 Å². The van der Waals surface area contributed by atoms with Gasteiger partial charge in [-0.15, -0.1) is 0 Å². The number of ether oxygens (including phenoxy) is 1. The first-order chi connectivity index (χ1) is 13.7. The lowest BCUT2D eigenvalue weighted by Gasteiger charge is -2.43. The second-order valence-electron chi connectivity index (χ2n) is 9.30. The summed E-state index contributed by atoms with van der Waals surface area (Å²) in [7, 11) is -2.63. The van der Waals surface area contributed by atoms with Crippen LogP contribution in [0, 0.1) is 5.92 Å². The van der Waals surface area contributed by atoms with E-state index in [1.807, 2.05) is 12.1 Å². The molecule has 2 atom stereocenters. The van der Waals surface area contributed by atoms with Crippen molar-refractivity contribution in [2.24, 2.45) is 5.92 Å². The van der Waals surface area contributed by atoms with Crippen molar-refractivity contribution in [2.45, 2.75) is 58.2 Å². The van der Waals surface area contributed by atoms with Crippen LogP contribution in [-0.2, 0) is 9.16 Å². The monoisotopic (exact) mass is 411 g/mol. The summed E-state index contributed by atoms with van der Waals surface area (Å²) in [5.74, 6) is 0.470. The molecule has 1 saturated heterocycles. The molecule has 0 bridgehead atoms. The van der Waals surface area contributed by atoms with Gasteiger partial charge in [0.2, 0.25) is 0 Å². The Hall–Kier alpha value is -2.11. The average Bonchev–Trinajstić information content (AvgIpc) is 3.01. The van der Waals surface area contributed by atoms with Gasteiger partial charge in [0, 0.05) is 0 Å². The number of benzene rings is 2. The minimum Gasteiger partial charge on any atom is -0.442 e. The molecule has 1 heterocycles. The highest BCUT2D eigenvalue weighted by Gasteiger charge is 2.51. The fourth-order valence-electron chi connectivity index (χ4n) is 4.34. The van der Waals surface area contributed by atoms with Gasteiger partial charge in [-0.1, -0.05) is 95.3 Å². The van der Waals surface area contributed by atoms with Crippen LogP contribution >= 0.6 is 0 Å². The second kappa shape index (κ2) is 8.72. The standard InChI is InChI=1S/C24H33NO3Si/c1-18(2)16-21-22(28-23(26)25-21)17-27-29(24(3,4)5,19-12-8-6-9-13-19)20-14-10-7-11-15-20/h6-15,18,21-22H,16-17H2,1-5H3,(H,25,26)/t21-,22-/m1/s1. The molecule has 29 heavy (non-hydrogen) atoms. The van der Waals surface area contributed by atoms with Gasteiger partial charge in [-0.2, -0.15) is 0 Å². The molecule has 1 aliphatic rings. The molecule has 5 heteroatoms. The van der Waals surface area contributed by atoms with Crippen molar-refractivity contribution in [3.05, 3.63) is 60.7 Å². The van der Waals surface area contributed by atoms with E-state index in [0.29, 0.717) is 12.5 Å². The van der Waals surface area contributed by atoms with Gasteiger partial charge in [0.25, 0.3) is 8.32 Å². The number of amides is 1. The lowest BCUT2D eigenvalue weighted by molar-refractivity contribution is 0.0850. The Balaban J connectivity index is 1.99. The minimum atomic E-state index is -2.63. The zero-order chi connectivity index (χ0) is 21.1. The van der Waals surface area contributed by atoms with Gasteiger partial charge >= 0.3 is 6.09 Å². The van der Waals surface area contributed by atoms with E-state index in [1.54, 1.807) is 0 Å². The topological polar surface area (TPSA) is 47.6 Å². The van der Waals surface area contributed by atoms with Crippen LogP contribution in [0.15, 0.2) is 60.7 Å². The van der Waals surface area contributed by atoms with E-state index in [2.05, 4.69) is 88.5 Å². The third-order valence-corrected chi connectivity index (χ3v) is 10.6. The predicted molar refractivity (Wildman–Crippen MR) is 120 cm³/mol. The van der Waals surface area contributed by atoms with Gasteiger partial charge in [-0.25, -0.2) is 4.79 Å². The van der Waals surface area contributed by atoms with E-state index >= 15 is 0 Å². The van der Waals surface area contributed by atoms with Gasteiger partial charge in [-0.3, -0.25) is 0 Å². The molecule has 2 aromatic carbocycles. The molecular weight excluding hydrogens is 378 g/mol. The number of carbonyl (C=O) groups is 1. The van der Waals surface area contributed by atoms with Crippen molar-refractivity contribution in [2.75, 3.05) is 6.61 Å². The predicted octanol–water partition coefficient (Wildman–Crippen LogP) is 4.09. The van der Waals surface area contributed by atoms with E-state index in [4.69, 9.17) is 9.16 Å². The zero-order valence-electron chi connectivity index (χ0n) is 18.1. The fourth-order valence-corrected chi connectivity index (χ4v) is 8.91. The van der Waals surface area contributed by atoms with Gasteiger partial charge in [0.05, 0.1) is 12.6 Å². The first-order valence-electron chi connectivity index (χ1n) is 10.5. The highest BCUT2D eigenvalue weighted by Crippen LogP contribution is 2.37. The second-order valence-corrected chi connectivity index (χ2v) is 13.6. The van der Waals surface area contributed by atoms with Crippen LogP contribution in [0.3, 0.4) is 0 Å². The van der Waals surface area contributed by atoms with E-state index in [0.717, 1.165) is 6.42 Å². The number of alkyl carbamates (subject to hydrolysis) is 1. The summed E-state index contributed by atoms with van der Waals surface area (Å²) in [6, 6.07) is 21.1. The van der Waals surface area contributed by atoms with Crippen LogP contribution in [0.2, 0.25) is 5.04 Å². The number of hydrogen-bond donors (Lipinski definition) is 1. The third kappa shape index (κ3) is 4.56. The zero-order valence-corrected chi connectivity index (χ0v) is 19.1. The minimum absolute atomic E-state index is 0.0132. The lowest BCUT2D eigenvalue weighted by Crippen LogP contribution is -2.67. The highest BCUT2D eigenvalue weighted by molar-refractivity contribution is 6.99. The summed E-state index contributed by atoms with van der Waals surface area (Å²) in [6.07, 6.45) is 0.263. The van der Waals surface area contributed by atoms with Crippen LogP contribution in [0.4, 0.5) is 4.79 Å². The van der Waals surface area contributed by atoms with Crippen molar-refractivity contribution >= 4 is 24.8 Å². The maximum absolute atomic E-state index is 11.9. The maximum atomic E-state index is 11.9. The quantitative estimate of drug-likeness (QED) is 0.698. The molecule has 0 aliphatic carbocycles. The molecule has 0 spiro atoms. The molecule has 0 aromatic heterocycles. The SMILES string of the molecule is CC(C)C[C@H]1NC(=O)O[C@@H]1CO[Si](c1ccccc1)(c1ccccc1)C(C)(C)C. The Bertz CT molecular complexity index is 762. The molecule has 0 radical (unpaired) electrons. The Morgan fingerprint density at radius 3 is 1.97 bits per heavy atom. The molecule has 156 valence electrons. The molecule has 4 nitrogen and oxygen atoms in total. The van der Waals surface area contributed by atoms with Crippen molar-refractivity contribution in [3.8, 4) is 0 Å². The summed E-state index contributed by atoms with van der Waals surface area (Å²) >= 11 is 0. The molecule has 1 fully saturated rings. The lowest BCUT2D eigenvalue weighted by atomic mass is 10.0. The van der Waals surface area contributed by atoms with E-state index in [1.165, 1.54) is 10.4 Å². The molecule has 1 aliphatic heterocycles. The number of rotatable bonds is 7. The first kappa shape index (κ1) is 21.6. The van der Waals surface area contributed by atoms with Gasteiger partial charge < -0.3 is 14.5 Å². The summed E-state index contributed by atoms with van der Waals surface area (Å²) < 4.78 is 12.5. The molecular formula is C24H33NO3Si. The number of nitrogens with one attached hydrogen (secondary N) is 1. The Labute approximate surface area is 175 Å². The van der Waals surface area contributed by atoms with Gasteiger partial charge in [0.1, 0.15) is 6.10 Å². The summed E-state index contributed by atoms with van der Waals surface area (Å²) in [5.41, 5.74) is 0. The van der Waals surface area contributed by atoms with E-state index in [-0.39, 0.29) is 23.3 Å². The van der Waals surface area contributed by atoms with Gasteiger partial charge in [0.15, 0.2) is 0 Å².